The van der Waals surface area contributed by atoms with Crippen LogP contribution in [-0.2, 0) is 9.53 Å². The first kappa shape index (κ1) is 19.9. The smallest absolute Gasteiger partial charge is 0.387 e. The molecule has 0 radical (unpaired) electrons. The molecule has 130 valence electrons. The monoisotopic (exact) mass is 370 g/mol. The highest BCUT2D eigenvalue weighted by Gasteiger charge is 2.26. The zero-order valence-electron chi connectivity index (χ0n) is 12.1. The fourth-order valence-electron chi connectivity index (χ4n) is 2.28. The van der Waals surface area contributed by atoms with Crippen molar-refractivity contribution in [3.05, 3.63) is 23.2 Å². The van der Waals surface area contributed by atoms with Crippen molar-refractivity contribution in [3.8, 4) is 5.75 Å². The van der Waals surface area contributed by atoms with Crippen LogP contribution in [0.1, 0.15) is 12.8 Å². The molecule has 1 atom stereocenters. The van der Waals surface area contributed by atoms with Crippen molar-refractivity contribution in [1.82, 2.24) is 0 Å². The van der Waals surface area contributed by atoms with Crippen molar-refractivity contribution in [1.29, 1.82) is 0 Å². The first-order valence-corrected chi connectivity index (χ1v) is 7.23. The number of benzene rings is 1. The summed E-state index contributed by atoms with van der Waals surface area (Å²) in [5, 5.41) is 2.61. The Morgan fingerprint density at radius 2 is 2.04 bits per heavy atom. The highest BCUT2D eigenvalue weighted by molar-refractivity contribution is 6.32. The molecule has 1 aromatic carbocycles. The Balaban J connectivity index is 0.00000264. The van der Waals surface area contributed by atoms with E-state index in [9.17, 15) is 13.6 Å². The topological polar surface area (TPSA) is 73.6 Å². The van der Waals surface area contributed by atoms with Crippen LogP contribution in [0.5, 0.6) is 5.75 Å². The lowest BCUT2D eigenvalue weighted by Gasteiger charge is -2.26. The van der Waals surface area contributed by atoms with Crippen LogP contribution in [0, 0.1) is 5.92 Å². The first-order valence-electron chi connectivity index (χ1n) is 6.86. The summed E-state index contributed by atoms with van der Waals surface area (Å²) in [5.74, 6) is -0.431. The van der Waals surface area contributed by atoms with E-state index in [0.29, 0.717) is 18.9 Å². The molecule has 1 heterocycles. The third-order valence-electron chi connectivity index (χ3n) is 3.49. The van der Waals surface area contributed by atoms with Gasteiger partial charge in [-0.3, -0.25) is 4.79 Å². The van der Waals surface area contributed by atoms with E-state index < -0.39 is 12.7 Å². The number of hydrogen-bond donors (Lipinski definition) is 2. The number of halogens is 4. The number of alkyl halides is 2. The van der Waals surface area contributed by atoms with Crippen molar-refractivity contribution in [3.63, 3.8) is 0 Å². The van der Waals surface area contributed by atoms with Crippen LogP contribution < -0.4 is 15.8 Å². The molecule has 5 nitrogen and oxygen atoms in total. The second-order valence-corrected chi connectivity index (χ2v) is 5.40. The van der Waals surface area contributed by atoms with Crippen LogP contribution >= 0.6 is 24.0 Å². The lowest BCUT2D eigenvalue weighted by molar-refractivity contribution is -0.119. The Hall–Kier alpha value is -1.15. The molecule has 0 bridgehead atoms. The Morgan fingerprint density at radius 3 is 2.61 bits per heavy atom. The molecule has 1 fully saturated rings. The molecule has 1 amide bonds. The molecular weight excluding hydrogens is 353 g/mol. The Bertz CT molecular complexity index is 529. The lowest BCUT2D eigenvalue weighted by Crippen LogP contribution is -2.44. The van der Waals surface area contributed by atoms with E-state index >= 15 is 0 Å². The van der Waals surface area contributed by atoms with Crippen molar-refractivity contribution >= 4 is 35.6 Å². The minimum absolute atomic E-state index is 0. The normalized spacial score (nSPS) is 16.6. The molecule has 1 aromatic rings. The van der Waals surface area contributed by atoms with E-state index in [0.717, 1.165) is 12.8 Å². The second-order valence-electron chi connectivity index (χ2n) is 4.99. The highest BCUT2D eigenvalue weighted by Crippen LogP contribution is 2.29. The number of hydrogen-bond acceptors (Lipinski definition) is 4. The number of anilines is 1. The number of rotatable bonds is 5. The average molecular weight is 371 g/mol. The summed E-state index contributed by atoms with van der Waals surface area (Å²) in [5.41, 5.74) is 6.32. The zero-order valence-corrected chi connectivity index (χ0v) is 13.7. The summed E-state index contributed by atoms with van der Waals surface area (Å²) in [6, 6.07) is 3.38. The SMILES string of the molecule is Cl.NC(C(=O)Nc1ccc(OC(F)F)c(Cl)c1)C1CCOCC1. The molecule has 1 aliphatic rings. The molecule has 1 aliphatic heterocycles. The maximum absolute atomic E-state index is 12.1. The molecule has 0 saturated carbocycles. The maximum atomic E-state index is 12.1. The number of nitrogens with two attached hydrogens (primary N) is 1. The Kier molecular flexibility index (Phi) is 7.98. The van der Waals surface area contributed by atoms with Gasteiger partial charge in [0.2, 0.25) is 5.91 Å². The summed E-state index contributed by atoms with van der Waals surface area (Å²) in [4.78, 5) is 12.1. The molecule has 0 aromatic heterocycles. The molecule has 3 N–H and O–H groups in total. The Morgan fingerprint density at radius 1 is 1.39 bits per heavy atom. The van der Waals surface area contributed by atoms with Gasteiger partial charge in [0, 0.05) is 18.9 Å². The quantitative estimate of drug-likeness (QED) is 0.835. The highest BCUT2D eigenvalue weighted by atomic mass is 35.5. The molecule has 23 heavy (non-hydrogen) atoms. The number of carbonyl (C=O) groups is 1. The van der Waals surface area contributed by atoms with Crippen molar-refractivity contribution in [2.24, 2.45) is 11.7 Å². The van der Waals surface area contributed by atoms with Gasteiger partial charge in [-0.15, -0.1) is 12.4 Å². The third kappa shape index (κ3) is 5.76. The number of carbonyl (C=O) groups excluding carboxylic acids is 1. The molecule has 1 saturated heterocycles. The summed E-state index contributed by atoms with van der Waals surface area (Å²) >= 11 is 5.83. The predicted molar refractivity (Wildman–Crippen MR) is 85.5 cm³/mol. The Labute approximate surface area is 143 Å². The van der Waals surface area contributed by atoms with Gasteiger partial charge in [0.25, 0.3) is 0 Å². The van der Waals surface area contributed by atoms with Gasteiger partial charge >= 0.3 is 6.61 Å². The fourth-order valence-corrected chi connectivity index (χ4v) is 2.51. The van der Waals surface area contributed by atoms with Gasteiger partial charge in [0.15, 0.2) is 0 Å². The first-order chi connectivity index (χ1) is 10.5. The van der Waals surface area contributed by atoms with Crippen LogP contribution in [0.15, 0.2) is 18.2 Å². The minimum Gasteiger partial charge on any atom is -0.433 e. The van der Waals surface area contributed by atoms with E-state index in [2.05, 4.69) is 10.1 Å². The van der Waals surface area contributed by atoms with Crippen molar-refractivity contribution in [2.75, 3.05) is 18.5 Å². The van der Waals surface area contributed by atoms with E-state index in [4.69, 9.17) is 22.1 Å². The van der Waals surface area contributed by atoms with Gasteiger partial charge in [0.1, 0.15) is 5.75 Å². The van der Waals surface area contributed by atoms with Gasteiger partial charge in [-0.05, 0) is 37.0 Å². The summed E-state index contributed by atoms with van der Waals surface area (Å²) < 4.78 is 33.8. The average Bonchev–Trinajstić information content (AvgIpc) is 2.49. The van der Waals surface area contributed by atoms with E-state index in [1.165, 1.54) is 18.2 Å². The third-order valence-corrected chi connectivity index (χ3v) is 3.79. The van der Waals surface area contributed by atoms with Gasteiger partial charge in [-0.2, -0.15) is 8.78 Å². The molecule has 0 spiro atoms. The number of nitrogens with one attached hydrogen (secondary N) is 1. The molecular formula is C14H18Cl2F2N2O3. The maximum Gasteiger partial charge on any atom is 0.387 e. The number of amides is 1. The van der Waals surface area contributed by atoms with E-state index in [1.807, 2.05) is 0 Å². The summed E-state index contributed by atoms with van der Waals surface area (Å²) in [7, 11) is 0. The zero-order chi connectivity index (χ0) is 16.1. The van der Waals surface area contributed by atoms with Crippen LogP contribution in [0.2, 0.25) is 5.02 Å². The van der Waals surface area contributed by atoms with Crippen molar-refractivity contribution < 1.29 is 23.0 Å². The lowest BCUT2D eigenvalue weighted by atomic mass is 9.92. The van der Waals surface area contributed by atoms with Crippen LogP contribution in [0.4, 0.5) is 14.5 Å². The van der Waals surface area contributed by atoms with Crippen LogP contribution in [0.25, 0.3) is 0 Å². The number of ether oxygens (including phenoxy) is 2. The predicted octanol–water partition coefficient (Wildman–Crippen LogP) is 3.06. The van der Waals surface area contributed by atoms with Gasteiger partial charge in [0.05, 0.1) is 11.1 Å². The van der Waals surface area contributed by atoms with Crippen molar-refractivity contribution in [2.45, 2.75) is 25.5 Å². The second kappa shape index (κ2) is 9.22. The van der Waals surface area contributed by atoms with Gasteiger partial charge in [-0.25, -0.2) is 0 Å². The van der Waals surface area contributed by atoms with Crippen LogP contribution in [-0.4, -0.2) is 31.8 Å². The van der Waals surface area contributed by atoms with Crippen LogP contribution in [0.3, 0.4) is 0 Å². The molecule has 2 rings (SSSR count). The standard InChI is InChI=1S/C14H17ClF2N2O3.ClH/c15-10-7-9(1-2-11(10)22-14(16)17)19-13(20)12(18)8-3-5-21-6-4-8;/h1-2,7-8,12,14H,3-6,18H2,(H,19,20);1H. The minimum atomic E-state index is -2.96. The van der Waals surface area contributed by atoms with E-state index in [1.54, 1.807) is 0 Å². The summed E-state index contributed by atoms with van der Waals surface area (Å²) in [6.45, 7) is -1.77. The molecule has 9 heteroatoms. The molecule has 1 unspecified atom stereocenters. The van der Waals surface area contributed by atoms with Gasteiger partial charge in [-0.1, -0.05) is 11.6 Å². The largest absolute Gasteiger partial charge is 0.433 e. The molecule has 0 aliphatic carbocycles. The van der Waals surface area contributed by atoms with Gasteiger partial charge < -0.3 is 20.5 Å². The summed E-state index contributed by atoms with van der Waals surface area (Å²) in [6.07, 6.45) is 1.47. The fraction of sp³-hybridized carbons (Fsp3) is 0.500. The van der Waals surface area contributed by atoms with E-state index in [-0.39, 0.29) is 35.0 Å².